The molecular formula is C13H19N. The third kappa shape index (κ3) is 2.58. The van der Waals surface area contributed by atoms with Gasteiger partial charge in [-0.15, -0.1) is 0 Å². The molecule has 0 amide bonds. The minimum atomic E-state index is 0.853. The highest BCUT2D eigenvalue weighted by molar-refractivity contribution is 5.21. The summed E-state index contributed by atoms with van der Waals surface area (Å²) in [6.07, 6.45) is 3.98. The maximum absolute atomic E-state index is 3.47. The minimum Gasteiger partial charge on any atom is -0.316 e. The van der Waals surface area contributed by atoms with E-state index in [1.165, 1.54) is 43.5 Å². The molecule has 0 saturated carbocycles. The van der Waals surface area contributed by atoms with Gasteiger partial charge in [-0.25, -0.2) is 0 Å². The highest BCUT2D eigenvalue weighted by Gasteiger charge is 2.12. The van der Waals surface area contributed by atoms with Gasteiger partial charge in [0.2, 0.25) is 0 Å². The maximum Gasteiger partial charge on any atom is -0.00173 e. The highest BCUT2D eigenvalue weighted by Crippen LogP contribution is 2.16. The van der Waals surface area contributed by atoms with Crippen molar-refractivity contribution in [3.8, 4) is 0 Å². The van der Waals surface area contributed by atoms with Crippen LogP contribution in [0.15, 0.2) is 24.3 Å². The molecular weight excluding hydrogens is 170 g/mol. The van der Waals surface area contributed by atoms with Crippen molar-refractivity contribution < 1.29 is 0 Å². The fourth-order valence-electron chi connectivity index (χ4n) is 2.16. The molecule has 0 aromatic heterocycles. The minimum absolute atomic E-state index is 0.853. The first kappa shape index (κ1) is 9.72. The maximum atomic E-state index is 3.47. The van der Waals surface area contributed by atoms with Crippen molar-refractivity contribution in [1.29, 1.82) is 0 Å². The molecule has 1 aromatic carbocycles. The molecule has 76 valence electrons. The zero-order valence-corrected chi connectivity index (χ0v) is 8.92. The van der Waals surface area contributed by atoms with Crippen LogP contribution in [-0.4, -0.2) is 13.1 Å². The van der Waals surface area contributed by atoms with Gasteiger partial charge in [0.15, 0.2) is 0 Å². The van der Waals surface area contributed by atoms with E-state index in [0.29, 0.717) is 0 Å². The lowest BCUT2D eigenvalue weighted by molar-refractivity contribution is 0.376. The van der Waals surface area contributed by atoms with E-state index in [2.05, 4.69) is 36.5 Å². The number of hydrogen-bond acceptors (Lipinski definition) is 1. The molecule has 1 fully saturated rings. The monoisotopic (exact) mass is 189 g/mol. The van der Waals surface area contributed by atoms with Crippen molar-refractivity contribution >= 4 is 0 Å². The lowest BCUT2D eigenvalue weighted by Gasteiger charge is -2.22. The van der Waals surface area contributed by atoms with Crippen LogP contribution in [0.3, 0.4) is 0 Å². The topological polar surface area (TPSA) is 12.0 Å². The Morgan fingerprint density at radius 1 is 1.29 bits per heavy atom. The summed E-state index contributed by atoms with van der Waals surface area (Å²) in [5.41, 5.74) is 2.85. The van der Waals surface area contributed by atoms with E-state index in [-0.39, 0.29) is 0 Å². The van der Waals surface area contributed by atoms with Crippen LogP contribution in [0.2, 0.25) is 0 Å². The highest BCUT2D eigenvalue weighted by atomic mass is 14.9. The second-order valence-corrected chi connectivity index (χ2v) is 4.40. The van der Waals surface area contributed by atoms with E-state index in [1.807, 2.05) is 0 Å². The molecule has 0 spiro atoms. The molecule has 14 heavy (non-hydrogen) atoms. The van der Waals surface area contributed by atoms with Gasteiger partial charge in [-0.1, -0.05) is 29.8 Å². The second kappa shape index (κ2) is 4.61. The molecule has 1 nitrogen and oxygen atoms in total. The van der Waals surface area contributed by atoms with Gasteiger partial charge in [0, 0.05) is 0 Å². The fraction of sp³-hybridized carbons (Fsp3) is 0.538. The molecule has 1 aliphatic rings. The van der Waals surface area contributed by atoms with Gasteiger partial charge in [-0.3, -0.25) is 0 Å². The van der Waals surface area contributed by atoms with Gasteiger partial charge in [0.1, 0.15) is 0 Å². The van der Waals surface area contributed by atoms with Crippen molar-refractivity contribution in [2.45, 2.75) is 26.2 Å². The molecule has 0 radical (unpaired) electrons. The molecule has 1 heterocycles. The Morgan fingerprint density at radius 3 is 2.71 bits per heavy atom. The van der Waals surface area contributed by atoms with Gasteiger partial charge in [-0.05, 0) is 50.8 Å². The van der Waals surface area contributed by atoms with Gasteiger partial charge in [-0.2, -0.15) is 0 Å². The molecule has 0 bridgehead atoms. The summed E-state index contributed by atoms with van der Waals surface area (Å²) < 4.78 is 0. The zero-order valence-electron chi connectivity index (χ0n) is 8.92. The lowest BCUT2D eigenvalue weighted by Crippen LogP contribution is -2.30. The Morgan fingerprint density at radius 2 is 2.07 bits per heavy atom. The summed E-state index contributed by atoms with van der Waals surface area (Å²) in [4.78, 5) is 0. The van der Waals surface area contributed by atoms with Crippen LogP contribution >= 0.6 is 0 Å². The summed E-state index contributed by atoms with van der Waals surface area (Å²) >= 11 is 0. The quantitative estimate of drug-likeness (QED) is 0.754. The molecule has 1 atom stereocenters. The molecule has 0 aliphatic carbocycles. The number of rotatable bonds is 2. The zero-order chi connectivity index (χ0) is 9.80. The van der Waals surface area contributed by atoms with Crippen LogP contribution in [0.1, 0.15) is 24.0 Å². The normalized spacial score (nSPS) is 22.2. The summed E-state index contributed by atoms with van der Waals surface area (Å²) in [7, 11) is 0. The van der Waals surface area contributed by atoms with Crippen LogP contribution in [0.25, 0.3) is 0 Å². The van der Waals surface area contributed by atoms with E-state index < -0.39 is 0 Å². The molecule has 1 N–H and O–H groups in total. The number of benzene rings is 1. The Labute approximate surface area is 86.5 Å². The van der Waals surface area contributed by atoms with Crippen molar-refractivity contribution in [2.75, 3.05) is 13.1 Å². The summed E-state index contributed by atoms with van der Waals surface area (Å²) in [6, 6.07) is 8.96. The second-order valence-electron chi connectivity index (χ2n) is 4.40. The number of piperidine rings is 1. The number of hydrogen-bond donors (Lipinski definition) is 1. The first-order chi connectivity index (χ1) is 6.84. The van der Waals surface area contributed by atoms with Crippen LogP contribution in [0.4, 0.5) is 0 Å². The van der Waals surface area contributed by atoms with Crippen LogP contribution in [0, 0.1) is 12.8 Å². The first-order valence-corrected chi connectivity index (χ1v) is 5.61. The van der Waals surface area contributed by atoms with Crippen molar-refractivity contribution in [3.05, 3.63) is 35.4 Å². The molecule has 0 unspecified atom stereocenters. The third-order valence-electron chi connectivity index (χ3n) is 3.04. The van der Waals surface area contributed by atoms with Crippen molar-refractivity contribution in [3.63, 3.8) is 0 Å². The third-order valence-corrected chi connectivity index (χ3v) is 3.04. The SMILES string of the molecule is Cc1ccc(C[C@@H]2CCCNC2)cc1. The largest absolute Gasteiger partial charge is 0.316 e. The van der Waals surface area contributed by atoms with Crippen LogP contribution in [0.5, 0.6) is 0 Å². The average Bonchev–Trinajstić information content (AvgIpc) is 2.23. The molecule has 2 rings (SSSR count). The van der Waals surface area contributed by atoms with E-state index in [0.717, 1.165) is 5.92 Å². The van der Waals surface area contributed by atoms with E-state index in [1.54, 1.807) is 0 Å². The van der Waals surface area contributed by atoms with Crippen LogP contribution < -0.4 is 5.32 Å². The molecule has 1 heteroatoms. The van der Waals surface area contributed by atoms with E-state index >= 15 is 0 Å². The summed E-state index contributed by atoms with van der Waals surface area (Å²) in [5.74, 6) is 0.853. The van der Waals surface area contributed by atoms with Crippen LogP contribution in [-0.2, 0) is 6.42 Å². The molecule has 1 saturated heterocycles. The molecule has 1 aromatic rings. The summed E-state index contributed by atoms with van der Waals surface area (Å²) in [6.45, 7) is 4.56. The number of aryl methyl sites for hydroxylation is 1. The predicted octanol–water partition coefficient (Wildman–Crippen LogP) is 2.54. The van der Waals surface area contributed by atoms with Gasteiger partial charge >= 0.3 is 0 Å². The van der Waals surface area contributed by atoms with Crippen molar-refractivity contribution in [1.82, 2.24) is 5.32 Å². The number of nitrogens with one attached hydrogen (secondary N) is 1. The van der Waals surface area contributed by atoms with Gasteiger partial charge < -0.3 is 5.32 Å². The molecule has 1 aliphatic heterocycles. The van der Waals surface area contributed by atoms with E-state index in [4.69, 9.17) is 0 Å². The first-order valence-electron chi connectivity index (χ1n) is 5.61. The smallest absolute Gasteiger partial charge is 0.00173 e. The van der Waals surface area contributed by atoms with Crippen molar-refractivity contribution in [2.24, 2.45) is 5.92 Å². The van der Waals surface area contributed by atoms with E-state index in [9.17, 15) is 0 Å². The Balaban J connectivity index is 1.92. The predicted molar refractivity (Wildman–Crippen MR) is 60.5 cm³/mol. The van der Waals surface area contributed by atoms with Gasteiger partial charge in [0.05, 0.1) is 0 Å². The Hall–Kier alpha value is -0.820. The average molecular weight is 189 g/mol. The fourth-order valence-corrected chi connectivity index (χ4v) is 2.16. The Bertz CT molecular complexity index is 270. The van der Waals surface area contributed by atoms with Gasteiger partial charge in [0.25, 0.3) is 0 Å². The lowest BCUT2D eigenvalue weighted by atomic mass is 9.92. The standard InChI is InChI=1S/C13H19N/c1-11-4-6-12(7-5-11)9-13-3-2-8-14-10-13/h4-7,13-14H,2-3,8-10H2,1H3/t13-/m0/s1. The summed E-state index contributed by atoms with van der Waals surface area (Å²) in [5, 5.41) is 3.47. The Kier molecular flexibility index (Phi) is 3.20.